The molecule has 1 saturated carbocycles. The van der Waals surface area contributed by atoms with E-state index in [1.54, 1.807) is 0 Å². The van der Waals surface area contributed by atoms with Crippen LogP contribution < -0.4 is 0 Å². The molecule has 0 aromatic rings. The second kappa shape index (κ2) is 3.95. The van der Waals surface area contributed by atoms with Gasteiger partial charge in [-0.1, -0.05) is 0 Å². The number of hydrogen-bond donors (Lipinski definition) is 0. The van der Waals surface area contributed by atoms with Crippen LogP contribution in [0.1, 0.15) is 39.5 Å². The SMILES string of the molecule is CC1(C)OC[C@@H]([C@H]2C[C@@H]2[C@H]2CCCC(=O)O2)O1. The third-order valence-corrected chi connectivity index (χ3v) is 4.03. The van der Waals surface area contributed by atoms with Crippen LogP contribution in [0.3, 0.4) is 0 Å². The van der Waals surface area contributed by atoms with Crippen LogP contribution >= 0.6 is 0 Å². The molecule has 0 aromatic heterocycles. The third-order valence-electron chi connectivity index (χ3n) is 4.03. The maximum Gasteiger partial charge on any atom is 0.306 e. The molecule has 0 aromatic carbocycles. The molecule has 3 rings (SSSR count). The van der Waals surface area contributed by atoms with Crippen molar-refractivity contribution in [2.45, 2.75) is 57.5 Å². The van der Waals surface area contributed by atoms with E-state index >= 15 is 0 Å². The molecular formula is C13H20O4. The van der Waals surface area contributed by atoms with Gasteiger partial charge in [-0.15, -0.1) is 0 Å². The maximum absolute atomic E-state index is 11.3. The highest BCUT2D eigenvalue weighted by molar-refractivity contribution is 5.70. The summed E-state index contributed by atoms with van der Waals surface area (Å²) in [6, 6.07) is 0. The van der Waals surface area contributed by atoms with Gasteiger partial charge in [-0.3, -0.25) is 4.79 Å². The van der Waals surface area contributed by atoms with Crippen molar-refractivity contribution in [3.8, 4) is 0 Å². The predicted molar refractivity (Wildman–Crippen MR) is 60.2 cm³/mol. The Balaban J connectivity index is 1.54. The van der Waals surface area contributed by atoms with Crippen molar-refractivity contribution in [1.82, 2.24) is 0 Å². The molecule has 0 spiro atoms. The molecule has 0 unspecified atom stereocenters. The van der Waals surface area contributed by atoms with Gasteiger partial charge in [0.25, 0.3) is 0 Å². The lowest BCUT2D eigenvalue weighted by Gasteiger charge is -2.23. The van der Waals surface area contributed by atoms with Gasteiger partial charge in [0.15, 0.2) is 5.79 Å². The zero-order chi connectivity index (χ0) is 12.0. The van der Waals surface area contributed by atoms with E-state index in [4.69, 9.17) is 14.2 Å². The van der Waals surface area contributed by atoms with E-state index in [-0.39, 0.29) is 18.2 Å². The van der Waals surface area contributed by atoms with E-state index < -0.39 is 5.79 Å². The van der Waals surface area contributed by atoms with Gasteiger partial charge in [-0.05, 0) is 39.0 Å². The van der Waals surface area contributed by atoms with Crippen LogP contribution in [0.4, 0.5) is 0 Å². The molecule has 2 saturated heterocycles. The summed E-state index contributed by atoms with van der Waals surface area (Å²) in [5.41, 5.74) is 0. The number of carbonyl (C=O) groups excluding carboxylic acids is 1. The summed E-state index contributed by atoms with van der Waals surface area (Å²) in [4.78, 5) is 11.3. The quantitative estimate of drug-likeness (QED) is 0.691. The standard InChI is InChI=1S/C13H20O4/c1-13(2)15-7-11(17-13)9-6-8(9)10-4-3-5-12(14)16-10/h8-11H,3-7H2,1-2H3/t8-,9-,10+,11-/m0/s1. The van der Waals surface area contributed by atoms with Crippen molar-refractivity contribution in [2.75, 3.05) is 6.61 Å². The number of ether oxygens (including phenoxy) is 3. The highest BCUT2D eigenvalue weighted by Crippen LogP contribution is 2.50. The average Bonchev–Trinajstić information content (AvgIpc) is 2.98. The van der Waals surface area contributed by atoms with E-state index in [2.05, 4.69) is 0 Å². The van der Waals surface area contributed by atoms with E-state index in [1.807, 2.05) is 13.8 Å². The van der Waals surface area contributed by atoms with Gasteiger partial charge < -0.3 is 14.2 Å². The Kier molecular flexibility index (Phi) is 2.67. The van der Waals surface area contributed by atoms with Crippen LogP contribution in [-0.2, 0) is 19.0 Å². The third kappa shape index (κ3) is 2.33. The first kappa shape index (κ1) is 11.5. The zero-order valence-electron chi connectivity index (χ0n) is 10.5. The minimum absolute atomic E-state index is 0.0316. The molecule has 3 fully saturated rings. The minimum atomic E-state index is -0.443. The van der Waals surface area contributed by atoms with Crippen molar-refractivity contribution in [3.05, 3.63) is 0 Å². The molecule has 2 aliphatic heterocycles. The molecule has 4 heteroatoms. The number of carbonyl (C=O) groups is 1. The fourth-order valence-corrected chi connectivity index (χ4v) is 3.05. The van der Waals surface area contributed by atoms with Gasteiger partial charge in [-0.2, -0.15) is 0 Å². The number of rotatable bonds is 2. The van der Waals surface area contributed by atoms with Crippen LogP contribution in [0, 0.1) is 11.8 Å². The van der Waals surface area contributed by atoms with Crippen molar-refractivity contribution >= 4 is 5.97 Å². The fraction of sp³-hybridized carbons (Fsp3) is 0.923. The topological polar surface area (TPSA) is 44.8 Å². The Morgan fingerprint density at radius 2 is 2.00 bits per heavy atom. The summed E-state index contributed by atoms with van der Waals surface area (Å²) >= 11 is 0. The lowest BCUT2D eigenvalue weighted by Crippen LogP contribution is -2.28. The summed E-state index contributed by atoms with van der Waals surface area (Å²) in [7, 11) is 0. The molecule has 3 aliphatic rings. The highest BCUT2D eigenvalue weighted by Gasteiger charge is 2.53. The monoisotopic (exact) mass is 240 g/mol. The first-order chi connectivity index (χ1) is 8.05. The van der Waals surface area contributed by atoms with Crippen LogP contribution in [0.15, 0.2) is 0 Å². The molecule has 2 heterocycles. The van der Waals surface area contributed by atoms with E-state index in [1.165, 1.54) is 0 Å². The molecule has 96 valence electrons. The molecule has 17 heavy (non-hydrogen) atoms. The molecule has 1 aliphatic carbocycles. The van der Waals surface area contributed by atoms with Crippen LogP contribution in [0.5, 0.6) is 0 Å². The Hall–Kier alpha value is -0.610. The number of hydrogen-bond acceptors (Lipinski definition) is 4. The van der Waals surface area contributed by atoms with Gasteiger partial charge in [0.2, 0.25) is 0 Å². The number of cyclic esters (lactones) is 1. The maximum atomic E-state index is 11.3. The lowest BCUT2D eigenvalue weighted by atomic mass is 10.0. The molecule has 4 atom stereocenters. The normalized spacial score (nSPS) is 44.5. The van der Waals surface area contributed by atoms with Crippen molar-refractivity contribution in [3.63, 3.8) is 0 Å². The molecule has 0 amide bonds. The van der Waals surface area contributed by atoms with Crippen LogP contribution in [-0.4, -0.2) is 30.6 Å². The predicted octanol–water partition coefficient (Wildman–Crippen LogP) is 1.87. The van der Waals surface area contributed by atoms with E-state index in [0.29, 0.717) is 24.9 Å². The minimum Gasteiger partial charge on any atom is -0.462 e. The van der Waals surface area contributed by atoms with Gasteiger partial charge >= 0.3 is 5.97 Å². The molecule has 0 N–H and O–H groups in total. The van der Waals surface area contributed by atoms with Gasteiger partial charge in [0, 0.05) is 12.3 Å². The Morgan fingerprint density at radius 3 is 2.65 bits per heavy atom. The summed E-state index contributed by atoms with van der Waals surface area (Å²) < 4.78 is 16.9. The lowest BCUT2D eigenvalue weighted by molar-refractivity contribution is -0.156. The van der Waals surface area contributed by atoms with E-state index in [9.17, 15) is 4.79 Å². The average molecular weight is 240 g/mol. The Bertz CT molecular complexity index is 325. The van der Waals surface area contributed by atoms with E-state index in [0.717, 1.165) is 19.3 Å². The van der Waals surface area contributed by atoms with Crippen LogP contribution in [0.25, 0.3) is 0 Å². The first-order valence-electron chi connectivity index (χ1n) is 6.56. The molecule has 0 bridgehead atoms. The molecule has 0 radical (unpaired) electrons. The van der Waals surface area contributed by atoms with Crippen molar-refractivity contribution < 1.29 is 19.0 Å². The second-order valence-corrected chi connectivity index (χ2v) is 5.85. The molecule has 4 nitrogen and oxygen atoms in total. The first-order valence-corrected chi connectivity index (χ1v) is 6.56. The Morgan fingerprint density at radius 1 is 1.24 bits per heavy atom. The van der Waals surface area contributed by atoms with Crippen LogP contribution in [0.2, 0.25) is 0 Å². The highest BCUT2D eigenvalue weighted by atomic mass is 16.7. The van der Waals surface area contributed by atoms with Crippen molar-refractivity contribution in [1.29, 1.82) is 0 Å². The van der Waals surface area contributed by atoms with Gasteiger partial charge in [0.1, 0.15) is 6.10 Å². The van der Waals surface area contributed by atoms with Crippen molar-refractivity contribution in [2.24, 2.45) is 11.8 Å². The summed E-state index contributed by atoms with van der Waals surface area (Å²) in [5.74, 6) is 0.548. The zero-order valence-corrected chi connectivity index (χ0v) is 10.5. The van der Waals surface area contributed by atoms with Gasteiger partial charge in [0.05, 0.1) is 12.7 Å². The second-order valence-electron chi connectivity index (χ2n) is 5.85. The number of esters is 1. The van der Waals surface area contributed by atoms with Gasteiger partial charge in [-0.25, -0.2) is 0 Å². The molecular weight excluding hydrogens is 220 g/mol. The smallest absolute Gasteiger partial charge is 0.306 e. The largest absolute Gasteiger partial charge is 0.462 e. The summed E-state index contributed by atoms with van der Waals surface area (Å²) in [5, 5.41) is 0. The summed E-state index contributed by atoms with van der Waals surface area (Å²) in [6.45, 7) is 4.57. The fourth-order valence-electron chi connectivity index (χ4n) is 3.05. The Labute approximate surface area is 102 Å². The summed E-state index contributed by atoms with van der Waals surface area (Å²) in [6.07, 6.45) is 4.01.